The predicted molar refractivity (Wildman–Crippen MR) is 123 cm³/mol. The van der Waals surface area contributed by atoms with Crippen LogP contribution >= 0.6 is 23.4 Å². The summed E-state index contributed by atoms with van der Waals surface area (Å²) < 4.78 is 5.51. The van der Waals surface area contributed by atoms with E-state index in [9.17, 15) is 9.59 Å². The predicted octanol–water partition coefficient (Wildman–Crippen LogP) is 4.75. The van der Waals surface area contributed by atoms with Gasteiger partial charge in [0.25, 0.3) is 5.56 Å². The van der Waals surface area contributed by atoms with Gasteiger partial charge in [0.15, 0.2) is 5.16 Å². The molecule has 31 heavy (non-hydrogen) atoms. The molecule has 6 nitrogen and oxygen atoms in total. The summed E-state index contributed by atoms with van der Waals surface area (Å²) in [5, 5.41) is 3.83. The van der Waals surface area contributed by atoms with E-state index < -0.39 is 0 Å². The van der Waals surface area contributed by atoms with Crippen molar-refractivity contribution in [3.05, 3.63) is 93.3 Å². The molecule has 1 aliphatic rings. The lowest BCUT2D eigenvalue weighted by atomic mass is 9.87. The number of aromatic amines is 1. The van der Waals surface area contributed by atoms with E-state index in [1.54, 1.807) is 6.08 Å². The Morgan fingerprint density at radius 1 is 1.19 bits per heavy atom. The van der Waals surface area contributed by atoms with E-state index in [-0.39, 0.29) is 23.8 Å². The second-order valence-electron chi connectivity index (χ2n) is 6.99. The van der Waals surface area contributed by atoms with Crippen molar-refractivity contribution in [2.75, 3.05) is 11.9 Å². The Labute approximate surface area is 188 Å². The van der Waals surface area contributed by atoms with Gasteiger partial charge in [0.05, 0.1) is 5.56 Å². The van der Waals surface area contributed by atoms with Gasteiger partial charge in [-0.25, -0.2) is 4.98 Å². The van der Waals surface area contributed by atoms with Crippen LogP contribution < -0.4 is 15.6 Å². The zero-order valence-electron chi connectivity index (χ0n) is 16.6. The number of carbonyl (C=O) groups is 1. The first kappa shape index (κ1) is 21.2. The van der Waals surface area contributed by atoms with E-state index in [2.05, 4.69) is 21.9 Å². The first-order valence-electron chi connectivity index (χ1n) is 9.69. The minimum Gasteiger partial charge on any atom is -0.490 e. The van der Waals surface area contributed by atoms with E-state index in [1.165, 1.54) is 11.8 Å². The first-order valence-corrected chi connectivity index (χ1v) is 11.1. The van der Waals surface area contributed by atoms with Gasteiger partial charge in [0.2, 0.25) is 5.91 Å². The summed E-state index contributed by atoms with van der Waals surface area (Å²) >= 11 is 7.56. The van der Waals surface area contributed by atoms with Crippen molar-refractivity contribution in [2.24, 2.45) is 0 Å². The smallest absolute Gasteiger partial charge is 0.257 e. The van der Waals surface area contributed by atoms with E-state index in [0.29, 0.717) is 39.7 Å². The first-order chi connectivity index (χ1) is 15.0. The Bertz CT molecular complexity index is 1180. The molecule has 2 N–H and O–H groups in total. The quantitative estimate of drug-likeness (QED) is 0.306. The molecule has 1 amide bonds. The van der Waals surface area contributed by atoms with Crippen LogP contribution in [-0.2, 0) is 10.5 Å². The molecule has 0 bridgehead atoms. The molecule has 2 aromatic carbocycles. The number of hydrogen-bond acceptors (Lipinski definition) is 5. The number of aromatic nitrogens is 2. The lowest BCUT2D eigenvalue weighted by molar-refractivity contribution is -0.116. The zero-order chi connectivity index (χ0) is 21.8. The van der Waals surface area contributed by atoms with Crippen LogP contribution in [0.25, 0.3) is 0 Å². The van der Waals surface area contributed by atoms with Crippen LogP contribution in [0.4, 0.5) is 5.82 Å². The zero-order valence-corrected chi connectivity index (χ0v) is 18.1. The minimum atomic E-state index is -0.379. The number of hydrogen-bond donors (Lipinski definition) is 2. The van der Waals surface area contributed by atoms with Gasteiger partial charge in [-0.15, -0.1) is 0 Å². The van der Waals surface area contributed by atoms with Gasteiger partial charge in [-0.3, -0.25) is 9.59 Å². The maximum Gasteiger partial charge on any atom is 0.257 e. The summed E-state index contributed by atoms with van der Waals surface area (Å²) in [6.45, 7) is 4.04. The van der Waals surface area contributed by atoms with Gasteiger partial charge in [-0.1, -0.05) is 66.3 Å². The number of carbonyl (C=O) groups excluding carboxylic acids is 1. The number of nitrogens with one attached hydrogen (secondary N) is 2. The van der Waals surface area contributed by atoms with Gasteiger partial charge in [-0.2, -0.15) is 0 Å². The normalized spacial score (nSPS) is 15.1. The Balaban J connectivity index is 1.60. The van der Waals surface area contributed by atoms with Crippen LogP contribution in [-0.4, -0.2) is 22.5 Å². The summed E-state index contributed by atoms with van der Waals surface area (Å²) in [5.74, 6) is 0.993. The summed E-state index contributed by atoms with van der Waals surface area (Å²) in [7, 11) is 0. The number of thioether (sulfide) groups is 1. The van der Waals surface area contributed by atoms with Crippen molar-refractivity contribution in [1.82, 2.24) is 9.97 Å². The van der Waals surface area contributed by atoms with Crippen LogP contribution in [0.15, 0.2) is 71.1 Å². The molecule has 1 aromatic heterocycles. The SMILES string of the molecule is C=CCOc1ccc(C2CC(=O)Nc3nc(SCc4ccccc4Cl)[nH]c(=O)c32)cc1. The summed E-state index contributed by atoms with van der Waals surface area (Å²) in [4.78, 5) is 32.6. The van der Waals surface area contributed by atoms with Crippen molar-refractivity contribution < 1.29 is 9.53 Å². The molecular weight excluding hydrogens is 434 g/mol. The summed E-state index contributed by atoms with van der Waals surface area (Å²) in [6.07, 6.45) is 1.85. The Hall–Kier alpha value is -3.03. The van der Waals surface area contributed by atoms with Gasteiger partial charge in [0.1, 0.15) is 18.2 Å². The van der Waals surface area contributed by atoms with Crippen molar-refractivity contribution in [3.63, 3.8) is 0 Å². The van der Waals surface area contributed by atoms with Crippen molar-refractivity contribution in [3.8, 4) is 5.75 Å². The van der Waals surface area contributed by atoms with Gasteiger partial charge < -0.3 is 15.0 Å². The molecule has 3 aromatic rings. The highest BCUT2D eigenvalue weighted by molar-refractivity contribution is 7.98. The van der Waals surface area contributed by atoms with Crippen molar-refractivity contribution >= 4 is 35.1 Å². The molecule has 0 aliphatic carbocycles. The molecule has 1 atom stereocenters. The molecule has 8 heteroatoms. The maximum atomic E-state index is 12.9. The third-order valence-electron chi connectivity index (χ3n) is 4.90. The molecule has 0 saturated heterocycles. The highest BCUT2D eigenvalue weighted by Crippen LogP contribution is 2.35. The second-order valence-corrected chi connectivity index (χ2v) is 8.36. The third kappa shape index (κ3) is 4.84. The molecule has 4 rings (SSSR count). The van der Waals surface area contributed by atoms with Crippen LogP contribution in [0, 0.1) is 0 Å². The summed E-state index contributed by atoms with van der Waals surface area (Å²) in [6, 6.07) is 14.9. The third-order valence-corrected chi connectivity index (χ3v) is 6.19. The topological polar surface area (TPSA) is 84.1 Å². The standard InChI is InChI=1S/C23H20ClN3O3S/c1-2-11-30-16-9-7-14(8-10-16)17-12-19(28)25-21-20(17)22(29)27-23(26-21)31-13-15-5-3-4-6-18(15)24/h2-10,17H,1,11-13H2,(H2,25,26,27,28,29). The van der Waals surface area contributed by atoms with Crippen LogP contribution in [0.3, 0.4) is 0 Å². The molecule has 0 spiro atoms. The van der Waals surface area contributed by atoms with Gasteiger partial charge >= 0.3 is 0 Å². The average molecular weight is 454 g/mol. The fourth-order valence-electron chi connectivity index (χ4n) is 3.42. The molecule has 1 aliphatic heterocycles. The number of benzene rings is 2. The second kappa shape index (κ2) is 9.41. The molecule has 2 heterocycles. The van der Waals surface area contributed by atoms with Gasteiger partial charge in [0, 0.05) is 23.1 Å². The maximum absolute atomic E-state index is 12.9. The monoisotopic (exact) mass is 453 g/mol. The fraction of sp³-hybridized carbons (Fsp3) is 0.174. The highest BCUT2D eigenvalue weighted by atomic mass is 35.5. The van der Waals surface area contributed by atoms with Gasteiger partial charge in [-0.05, 0) is 29.3 Å². The number of rotatable bonds is 7. The molecule has 0 radical (unpaired) electrons. The van der Waals surface area contributed by atoms with Crippen molar-refractivity contribution in [1.29, 1.82) is 0 Å². The Morgan fingerprint density at radius 3 is 2.71 bits per heavy atom. The van der Waals surface area contributed by atoms with Crippen LogP contribution in [0.5, 0.6) is 5.75 Å². The molecule has 0 saturated carbocycles. The molecule has 158 valence electrons. The lowest BCUT2D eigenvalue weighted by Crippen LogP contribution is -2.31. The molecule has 0 fully saturated rings. The minimum absolute atomic E-state index is 0.176. The molecule has 1 unspecified atom stereocenters. The van der Waals surface area contributed by atoms with E-state index in [1.807, 2.05) is 48.5 Å². The van der Waals surface area contributed by atoms with E-state index >= 15 is 0 Å². The Kier molecular flexibility index (Phi) is 6.44. The fourth-order valence-corrected chi connectivity index (χ4v) is 4.56. The lowest BCUT2D eigenvalue weighted by Gasteiger charge is -2.24. The van der Waals surface area contributed by atoms with Crippen LogP contribution in [0.1, 0.15) is 29.0 Å². The number of H-pyrrole nitrogens is 1. The summed E-state index contributed by atoms with van der Waals surface area (Å²) in [5.41, 5.74) is 1.99. The number of halogens is 1. The number of fused-ring (bicyclic) bond motifs is 1. The van der Waals surface area contributed by atoms with E-state index in [4.69, 9.17) is 16.3 Å². The number of ether oxygens (including phenoxy) is 1. The number of nitrogens with zero attached hydrogens (tertiary/aromatic N) is 1. The van der Waals surface area contributed by atoms with E-state index in [0.717, 1.165) is 11.1 Å². The molecular formula is C23H20ClN3O3S. The Morgan fingerprint density at radius 2 is 1.97 bits per heavy atom. The number of amides is 1. The highest BCUT2D eigenvalue weighted by Gasteiger charge is 2.31. The van der Waals surface area contributed by atoms with Crippen molar-refractivity contribution in [2.45, 2.75) is 23.2 Å². The number of anilines is 1. The van der Waals surface area contributed by atoms with Crippen LogP contribution in [0.2, 0.25) is 5.02 Å². The average Bonchev–Trinajstić information content (AvgIpc) is 2.76. The largest absolute Gasteiger partial charge is 0.490 e.